The summed E-state index contributed by atoms with van der Waals surface area (Å²) in [6.45, 7) is 1.84. The molecule has 0 spiro atoms. The van der Waals surface area contributed by atoms with Crippen molar-refractivity contribution in [3.05, 3.63) is 16.4 Å². The number of thioether (sulfide) groups is 1. The molecule has 0 saturated carbocycles. The van der Waals surface area contributed by atoms with Crippen molar-refractivity contribution in [3.8, 4) is 0 Å². The largest absolute Gasteiger partial charge is 0.298 e. The van der Waals surface area contributed by atoms with E-state index in [4.69, 9.17) is 11.6 Å². The first-order valence-corrected chi connectivity index (χ1v) is 6.02. The lowest BCUT2D eigenvalue weighted by atomic mass is 10.2. The SMILES string of the molecule is CSCC(=O)Cc1c(Cl)c(C)nn1C. The number of aromatic nitrogens is 2. The quantitative estimate of drug-likeness (QED) is 0.795. The normalized spacial score (nSPS) is 10.6. The summed E-state index contributed by atoms with van der Waals surface area (Å²) in [6, 6.07) is 0. The summed E-state index contributed by atoms with van der Waals surface area (Å²) in [4.78, 5) is 11.4. The molecule has 14 heavy (non-hydrogen) atoms. The lowest BCUT2D eigenvalue weighted by molar-refractivity contribution is -0.116. The second-order valence-electron chi connectivity index (χ2n) is 3.12. The van der Waals surface area contributed by atoms with Gasteiger partial charge in [0.05, 0.1) is 28.6 Å². The molecule has 0 atom stereocenters. The van der Waals surface area contributed by atoms with E-state index < -0.39 is 0 Å². The van der Waals surface area contributed by atoms with Crippen molar-refractivity contribution in [1.29, 1.82) is 0 Å². The lowest BCUT2D eigenvalue weighted by Crippen LogP contribution is -2.09. The molecule has 0 saturated heterocycles. The molecular formula is C9H13ClN2OS. The van der Waals surface area contributed by atoms with Gasteiger partial charge in [0.1, 0.15) is 5.78 Å². The second kappa shape index (κ2) is 4.84. The summed E-state index contributed by atoms with van der Waals surface area (Å²) in [5, 5.41) is 4.76. The van der Waals surface area contributed by atoms with Crippen molar-refractivity contribution < 1.29 is 4.79 Å². The molecule has 78 valence electrons. The fraction of sp³-hybridized carbons (Fsp3) is 0.556. The Morgan fingerprint density at radius 2 is 2.29 bits per heavy atom. The molecular weight excluding hydrogens is 220 g/mol. The number of Topliss-reactive ketones (excluding diaryl/α,β-unsaturated/α-hetero) is 1. The van der Waals surface area contributed by atoms with Gasteiger partial charge < -0.3 is 0 Å². The molecule has 1 aromatic heterocycles. The van der Waals surface area contributed by atoms with E-state index in [1.165, 1.54) is 11.8 Å². The first kappa shape index (κ1) is 11.6. The van der Waals surface area contributed by atoms with Crippen LogP contribution in [-0.2, 0) is 18.3 Å². The topological polar surface area (TPSA) is 34.9 Å². The average Bonchev–Trinajstić information content (AvgIpc) is 2.33. The second-order valence-corrected chi connectivity index (χ2v) is 4.36. The third kappa shape index (κ3) is 2.51. The molecule has 0 radical (unpaired) electrons. The van der Waals surface area contributed by atoms with E-state index in [9.17, 15) is 4.79 Å². The summed E-state index contributed by atoms with van der Waals surface area (Å²) in [6.07, 6.45) is 2.28. The number of rotatable bonds is 4. The van der Waals surface area contributed by atoms with Crippen molar-refractivity contribution in [2.45, 2.75) is 13.3 Å². The highest BCUT2D eigenvalue weighted by Crippen LogP contribution is 2.20. The first-order valence-electron chi connectivity index (χ1n) is 4.25. The van der Waals surface area contributed by atoms with Crippen LogP contribution in [-0.4, -0.2) is 27.6 Å². The summed E-state index contributed by atoms with van der Waals surface area (Å²) in [7, 11) is 1.81. The van der Waals surface area contributed by atoms with Crippen LogP contribution >= 0.6 is 23.4 Å². The number of nitrogens with zero attached hydrogens (tertiary/aromatic N) is 2. The molecule has 0 amide bonds. The van der Waals surface area contributed by atoms with Crippen LogP contribution in [0.2, 0.25) is 5.02 Å². The van der Waals surface area contributed by atoms with Gasteiger partial charge in [0.15, 0.2) is 0 Å². The van der Waals surface area contributed by atoms with Gasteiger partial charge in [0.25, 0.3) is 0 Å². The van der Waals surface area contributed by atoms with Gasteiger partial charge in [-0.05, 0) is 13.2 Å². The Labute approximate surface area is 92.8 Å². The molecule has 1 aromatic rings. The zero-order valence-electron chi connectivity index (χ0n) is 8.50. The maximum absolute atomic E-state index is 11.4. The maximum Gasteiger partial charge on any atom is 0.148 e. The standard InChI is InChI=1S/C9H13ClN2OS/c1-6-9(10)8(12(2)11-6)4-7(13)5-14-3/h4-5H2,1-3H3. The van der Waals surface area contributed by atoms with Crippen molar-refractivity contribution in [3.63, 3.8) is 0 Å². The molecule has 0 aliphatic rings. The van der Waals surface area contributed by atoms with Crippen molar-refractivity contribution >= 4 is 29.1 Å². The van der Waals surface area contributed by atoms with Gasteiger partial charge in [-0.3, -0.25) is 9.48 Å². The number of hydrogen-bond acceptors (Lipinski definition) is 3. The van der Waals surface area contributed by atoms with Crippen LogP contribution in [0, 0.1) is 6.92 Å². The van der Waals surface area contributed by atoms with Crippen LogP contribution in [0.4, 0.5) is 0 Å². The minimum absolute atomic E-state index is 0.183. The van der Waals surface area contributed by atoms with Crippen molar-refractivity contribution in [2.24, 2.45) is 7.05 Å². The van der Waals surface area contributed by atoms with Gasteiger partial charge in [-0.15, -0.1) is 0 Å². The minimum atomic E-state index is 0.183. The summed E-state index contributed by atoms with van der Waals surface area (Å²) in [5.74, 6) is 0.711. The number of carbonyl (C=O) groups excluding carboxylic acids is 1. The maximum atomic E-state index is 11.4. The molecule has 5 heteroatoms. The zero-order chi connectivity index (χ0) is 10.7. The molecule has 0 unspecified atom stereocenters. The Hall–Kier alpha value is -0.480. The molecule has 0 aliphatic heterocycles. The van der Waals surface area contributed by atoms with E-state index in [1.807, 2.05) is 13.2 Å². The molecule has 0 fully saturated rings. The average molecular weight is 233 g/mol. The Bertz CT molecular complexity index is 349. The molecule has 0 aliphatic carbocycles. The van der Waals surface area contributed by atoms with E-state index in [1.54, 1.807) is 11.7 Å². The van der Waals surface area contributed by atoms with Gasteiger partial charge in [0, 0.05) is 7.05 Å². The summed E-state index contributed by atoms with van der Waals surface area (Å²) < 4.78 is 1.68. The Kier molecular flexibility index (Phi) is 4.01. The third-order valence-corrected chi connectivity index (χ3v) is 3.03. The Morgan fingerprint density at radius 3 is 2.71 bits per heavy atom. The number of ketones is 1. The molecule has 0 aromatic carbocycles. The van der Waals surface area contributed by atoms with Gasteiger partial charge in [0.2, 0.25) is 0 Å². The fourth-order valence-electron chi connectivity index (χ4n) is 1.27. The third-order valence-electron chi connectivity index (χ3n) is 1.93. The van der Waals surface area contributed by atoms with Crippen LogP contribution < -0.4 is 0 Å². The Morgan fingerprint density at radius 1 is 1.64 bits per heavy atom. The van der Waals surface area contributed by atoms with E-state index >= 15 is 0 Å². The molecule has 3 nitrogen and oxygen atoms in total. The molecule has 1 heterocycles. The van der Waals surface area contributed by atoms with Crippen LogP contribution in [0.5, 0.6) is 0 Å². The fourth-order valence-corrected chi connectivity index (χ4v) is 1.92. The number of aryl methyl sites for hydroxylation is 2. The Balaban J connectivity index is 2.81. The monoisotopic (exact) mass is 232 g/mol. The zero-order valence-corrected chi connectivity index (χ0v) is 10.1. The van der Waals surface area contributed by atoms with Crippen LogP contribution in [0.25, 0.3) is 0 Å². The van der Waals surface area contributed by atoms with Crippen LogP contribution in [0.15, 0.2) is 0 Å². The summed E-state index contributed by atoms with van der Waals surface area (Å²) in [5.41, 5.74) is 1.59. The van der Waals surface area contributed by atoms with Crippen LogP contribution in [0.3, 0.4) is 0 Å². The predicted molar refractivity (Wildman–Crippen MR) is 60.0 cm³/mol. The van der Waals surface area contributed by atoms with Gasteiger partial charge in [-0.25, -0.2) is 0 Å². The van der Waals surface area contributed by atoms with Crippen LogP contribution in [0.1, 0.15) is 11.4 Å². The lowest BCUT2D eigenvalue weighted by Gasteiger charge is -2.00. The van der Waals surface area contributed by atoms with Crippen molar-refractivity contribution in [1.82, 2.24) is 9.78 Å². The number of carbonyl (C=O) groups is 1. The van der Waals surface area contributed by atoms with E-state index in [-0.39, 0.29) is 5.78 Å². The van der Waals surface area contributed by atoms with E-state index in [0.717, 1.165) is 11.4 Å². The highest BCUT2D eigenvalue weighted by Gasteiger charge is 2.13. The minimum Gasteiger partial charge on any atom is -0.298 e. The highest BCUT2D eigenvalue weighted by molar-refractivity contribution is 7.99. The highest BCUT2D eigenvalue weighted by atomic mass is 35.5. The smallest absolute Gasteiger partial charge is 0.148 e. The number of hydrogen-bond donors (Lipinski definition) is 0. The first-order chi connectivity index (χ1) is 6.56. The predicted octanol–water partition coefficient (Wildman–Crippen LogP) is 1.86. The van der Waals surface area contributed by atoms with Crippen molar-refractivity contribution in [2.75, 3.05) is 12.0 Å². The number of halogens is 1. The van der Waals surface area contributed by atoms with E-state index in [0.29, 0.717) is 17.2 Å². The van der Waals surface area contributed by atoms with Gasteiger partial charge >= 0.3 is 0 Å². The molecule has 0 N–H and O–H groups in total. The van der Waals surface area contributed by atoms with Gasteiger partial charge in [-0.2, -0.15) is 16.9 Å². The van der Waals surface area contributed by atoms with E-state index in [2.05, 4.69) is 5.10 Å². The summed E-state index contributed by atoms with van der Waals surface area (Å²) >= 11 is 7.54. The molecule has 1 rings (SSSR count). The molecule has 0 bridgehead atoms. The van der Waals surface area contributed by atoms with Gasteiger partial charge in [-0.1, -0.05) is 11.6 Å².